The number of hydrazine groups is 1. The maximum Gasteiger partial charge on any atom is 0.208 e. The summed E-state index contributed by atoms with van der Waals surface area (Å²) < 4.78 is 5.59. The van der Waals surface area contributed by atoms with E-state index in [0.29, 0.717) is 6.10 Å². The summed E-state index contributed by atoms with van der Waals surface area (Å²) in [6.45, 7) is 4.67. The minimum Gasteiger partial charge on any atom is -0.377 e. The highest BCUT2D eigenvalue weighted by Crippen LogP contribution is 2.12. The lowest BCUT2D eigenvalue weighted by molar-refractivity contribution is 0.0228. The molecule has 1 aliphatic heterocycles. The Bertz CT molecular complexity index is 193. The second-order valence-corrected chi connectivity index (χ2v) is 3.36. The normalized spacial score (nSPS) is 23.8. The van der Waals surface area contributed by atoms with Crippen LogP contribution in [0.25, 0.3) is 0 Å². The standard InChI is InChI=1S/C9H20N4O/c1-3-14-8-5-4-6-13(7-8)9(11-2)12-10/h8H,3-7,10H2,1-2H3,(H,11,12). The van der Waals surface area contributed by atoms with Crippen LogP contribution >= 0.6 is 0 Å². The summed E-state index contributed by atoms with van der Waals surface area (Å²) in [7, 11) is 1.74. The van der Waals surface area contributed by atoms with E-state index in [2.05, 4.69) is 15.3 Å². The van der Waals surface area contributed by atoms with E-state index in [1.807, 2.05) is 6.92 Å². The maximum absolute atomic E-state index is 5.59. The van der Waals surface area contributed by atoms with Crippen LogP contribution in [0.3, 0.4) is 0 Å². The molecule has 0 aliphatic carbocycles. The number of hydrogen-bond donors (Lipinski definition) is 2. The van der Waals surface area contributed by atoms with Crippen LogP contribution < -0.4 is 11.3 Å². The maximum atomic E-state index is 5.59. The lowest BCUT2D eigenvalue weighted by Crippen LogP contribution is -2.50. The molecule has 3 N–H and O–H groups in total. The van der Waals surface area contributed by atoms with E-state index in [-0.39, 0.29) is 0 Å². The molecule has 1 fully saturated rings. The van der Waals surface area contributed by atoms with Crippen LogP contribution in [0, 0.1) is 0 Å². The molecule has 1 unspecified atom stereocenters. The van der Waals surface area contributed by atoms with Gasteiger partial charge in [-0.3, -0.25) is 10.4 Å². The second kappa shape index (κ2) is 5.82. The highest BCUT2D eigenvalue weighted by Gasteiger charge is 2.21. The number of likely N-dealkylation sites (tertiary alicyclic amines) is 1. The number of piperidine rings is 1. The summed E-state index contributed by atoms with van der Waals surface area (Å²) in [5.74, 6) is 6.12. The van der Waals surface area contributed by atoms with Gasteiger partial charge < -0.3 is 9.64 Å². The topological polar surface area (TPSA) is 62.9 Å². The van der Waals surface area contributed by atoms with Gasteiger partial charge in [0.1, 0.15) is 0 Å². The monoisotopic (exact) mass is 200 g/mol. The van der Waals surface area contributed by atoms with Crippen molar-refractivity contribution >= 4 is 5.96 Å². The molecule has 0 radical (unpaired) electrons. The zero-order valence-corrected chi connectivity index (χ0v) is 8.99. The molecular formula is C9H20N4O. The van der Waals surface area contributed by atoms with E-state index >= 15 is 0 Å². The van der Waals surface area contributed by atoms with Crippen LogP contribution in [0.4, 0.5) is 0 Å². The molecule has 1 heterocycles. The molecule has 0 bridgehead atoms. The first kappa shape index (κ1) is 11.3. The minimum absolute atomic E-state index is 0.318. The molecule has 5 heteroatoms. The molecule has 1 aliphatic rings. The first-order chi connectivity index (χ1) is 6.81. The Morgan fingerprint density at radius 2 is 2.50 bits per heavy atom. The molecule has 0 aromatic heterocycles. The van der Waals surface area contributed by atoms with Gasteiger partial charge in [0.25, 0.3) is 0 Å². The SMILES string of the molecule is CCOC1CCCN(C(=NC)NN)C1. The zero-order chi connectivity index (χ0) is 10.4. The number of ether oxygens (including phenoxy) is 1. The van der Waals surface area contributed by atoms with Gasteiger partial charge in [0, 0.05) is 26.7 Å². The predicted octanol–water partition coefficient (Wildman–Crippen LogP) is -0.0636. The number of nitrogens with one attached hydrogen (secondary N) is 1. The highest BCUT2D eigenvalue weighted by molar-refractivity contribution is 5.79. The lowest BCUT2D eigenvalue weighted by atomic mass is 10.1. The van der Waals surface area contributed by atoms with Crippen LogP contribution in [0.1, 0.15) is 19.8 Å². The number of nitrogens with two attached hydrogens (primary N) is 1. The molecular weight excluding hydrogens is 180 g/mol. The van der Waals surface area contributed by atoms with Gasteiger partial charge in [-0.05, 0) is 19.8 Å². The molecule has 1 rings (SSSR count). The Labute approximate surface area is 85.3 Å². The van der Waals surface area contributed by atoms with E-state index in [1.165, 1.54) is 0 Å². The highest BCUT2D eigenvalue weighted by atomic mass is 16.5. The molecule has 5 nitrogen and oxygen atoms in total. The van der Waals surface area contributed by atoms with E-state index in [9.17, 15) is 0 Å². The Morgan fingerprint density at radius 1 is 1.71 bits per heavy atom. The Hall–Kier alpha value is -0.810. The van der Waals surface area contributed by atoms with Crippen molar-refractivity contribution in [3.63, 3.8) is 0 Å². The van der Waals surface area contributed by atoms with Gasteiger partial charge in [-0.1, -0.05) is 0 Å². The summed E-state index contributed by atoms with van der Waals surface area (Å²) in [4.78, 5) is 6.20. The van der Waals surface area contributed by atoms with Gasteiger partial charge in [0.05, 0.1) is 6.10 Å². The molecule has 0 aromatic carbocycles. The summed E-state index contributed by atoms with van der Waals surface area (Å²) in [6.07, 6.45) is 2.58. The van der Waals surface area contributed by atoms with Gasteiger partial charge in [0.15, 0.2) is 0 Å². The van der Waals surface area contributed by atoms with E-state index in [1.54, 1.807) is 7.05 Å². The largest absolute Gasteiger partial charge is 0.377 e. The van der Waals surface area contributed by atoms with Crippen molar-refractivity contribution in [3.8, 4) is 0 Å². The molecule has 1 atom stereocenters. The number of hydrogen-bond acceptors (Lipinski definition) is 3. The second-order valence-electron chi connectivity index (χ2n) is 3.36. The molecule has 1 saturated heterocycles. The van der Waals surface area contributed by atoms with Crippen LogP contribution in [0.2, 0.25) is 0 Å². The first-order valence-electron chi connectivity index (χ1n) is 5.11. The minimum atomic E-state index is 0.318. The average molecular weight is 200 g/mol. The van der Waals surface area contributed by atoms with Crippen molar-refractivity contribution in [2.75, 3.05) is 26.7 Å². The van der Waals surface area contributed by atoms with Crippen molar-refractivity contribution < 1.29 is 4.74 Å². The van der Waals surface area contributed by atoms with E-state index in [4.69, 9.17) is 10.6 Å². The van der Waals surface area contributed by atoms with Gasteiger partial charge in [-0.15, -0.1) is 0 Å². The van der Waals surface area contributed by atoms with Gasteiger partial charge in [-0.2, -0.15) is 0 Å². The van der Waals surface area contributed by atoms with Crippen LogP contribution in [0.15, 0.2) is 4.99 Å². The van der Waals surface area contributed by atoms with Gasteiger partial charge >= 0.3 is 0 Å². The zero-order valence-electron chi connectivity index (χ0n) is 8.99. The van der Waals surface area contributed by atoms with Crippen molar-refractivity contribution in [3.05, 3.63) is 0 Å². The first-order valence-corrected chi connectivity index (χ1v) is 5.11. The molecule has 14 heavy (non-hydrogen) atoms. The number of rotatable bonds is 2. The van der Waals surface area contributed by atoms with Gasteiger partial charge in [-0.25, -0.2) is 5.84 Å². The van der Waals surface area contributed by atoms with Crippen LogP contribution in [-0.4, -0.2) is 43.7 Å². The molecule has 0 amide bonds. The quantitative estimate of drug-likeness (QED) is 0.284. The third kappa shape index (κ3) is 2.85. The predicted molar refractivity (Wildman–Crippen MR) is 56.9 cm³/mol. The number of aliphatic imine (C=N–C) groups is 1. The molecule has 0 spiro atoms. The Kier molecular flexibility index (Phi) is 4.69. The Balaban J connectivity index is 2.46. The summed E-state index contributed by atoms with van der Waals surface area (Å²) >= 11 is 0. The fraction of sp³-hybridized carbons (Fsp3) is 0.889. The van der Waals surface area contributed by atoms with Crippen molar-refractivity contribution in [2.24, 2.45) is 10.8 Å². The smallest absolute Gasteiger partial charge is 0.208 e. The van der Waals surface area contributed by atoms with Crippen molar-refractivity contribution in [1.29, 1.82) is 0 Å². The summed E-state index contributed by atoms with van der Waals surface area (Å²) in [5, 5.41) is 0. The Morgan fingerprint density at radius 3 is 3.07 bits per heavy atom. The van der Waals surface area contributed by atoms with Crippen LogP contribution in [-0.2, 0) is 4.74 Å². The summed E-state index contributed by atoms with van der Waals surface area (Å²) in [6, 6.07) is 0. The fourth-order valence-corrected chi connectivity index (χ4v) is 1.80. The average Bonchev–Trinajstić information content (AvgIpc) is 2.21. The fourth-order valence-electron chi connectivity index (χ4n) is 1.80. The summed E-state index contributed by atoms with van der Waals surface area (Å²) in [5.41, 5.74) is 2.60. The lowest BCUT2D eigenvalue weighted by Gasteiger charge is -2.33. The molecule has 0 aromatic rings. The van der Waals surface area contributed by atoms with Crippen molar-refractivity contribution in [2.45, 2.75) is 25.9 Å². The molecule has 0 saturated carbocycles. The number of nitrogens with zero attached hydrogens (tertiary/aromatic N) is 2. The van der Waals surface area contributed by atoms with Crippen molar-refractivity contribution in [1.82, 2.24) is 10.3 Å². The third-order valence-electron chi connectivity index (χ3n) is 2.42. The van der Waals surface area contributed by atoms with Crippen LogP contribution in [0.5, 0.6) is 0 Å². The third-order valence-corrected chi connectivity index (χ3v) is 2.42. The number of guanidine groups is 1. The van der Waals surface area contributed by atoms with E-state index in [0.717, 1.165) is 38.5 Å². The molecule has 82 valence electrons. The van der Waals surface area contributed by atoms with E-state index < -0.39 is 0 Å². The van der Waals surface area contributed by atoms with Gasteiger partial charge in [0.2, 0.25) is 5.96 Å².